The third kappa shape index (κ3) is 4.01. The van der Waals surface area contributed by atoms with Gasteiger partial charge in [0.05, 0.1) is 31.1 Å². The number of aromatic nitrogens is 2. The number of nitrogens with one attached hydrogen (secondary N) is 2. The first-order chi connectivity index (χ1) is 11.2. The summed E-state index contributed by atoms with van der Waals surface area (Å²) in [6, 6.07) is 7.57. The van der Waals surface area contributed by atoms with E-state index in [0.29, 0.717) is 25.4 Å². The maximum absolute atomic E-state index is 12.1. The Bertz CT molecular complexity index is 671. The molecule has 23 heavy (non-hydrogen) atoms. The van der Waals surface area contributed by atoms with Crippen molar-refractivity contribution in [1.82, 2.24) is 15.1 Å². The smallest absolute Gasteiger partial charge is 0.319 e. The summed E-state index contributed by atoms with van der Waals surface area (Å²) in [7, 11) is 1.64. The first-order valence-electron chi connectivity index (χ1n) is 7.54. The summed E-state index contributed by atoms with van der Waals surface area (Å²) in [6.45, 7) is 1.69. The molecule has 1 aromatic heterocycles. The van der Waals surface area contributed by atoms with E-state index in [1.54, 1.807) is 24.2 Å². The van der Waals surface area contributed by atoms with E-state index in [9.17, 15) is 4.79 Å². The predicted octanol–water partition coefficient (Wildman–Crippen LogP) is 1.65. The van der Waals surface area contributed by atoms with Crippen LogP contribution in [0, 0.1) is 0 Å². The second-order valence-corrected chi connectivity index (χ2v) is 5.40. The molecule has 0 saturated carbocycles. The number of nitrogens with zero attached hydrogens (tertiary/aromatic N) is 2. The topological polar surface area (TPSA) is 77.4 Å². The minimum absolute atomic E-state index is 0.0477. The van der Waals surface area contributed by atoms with Crippen molar-refractivity contribution >= 4 is 11.7 Å². The fourth-order valence-corrected chi connectivity index (χ4v) is 2.51. The van der Waals surface area contributed by atoms with Gasteiger partial charge in [-0.3, -0.25) is 4.68 Å². The van der Waals surface area contributed by atoms with Gasteiger partial charge in [0.2, 0.25) is 0 Å². The highest BCUT2D eigenvalue weighted by molar-refractivity contribution is 5.89. The normalized spacial score (nSPS) is 16.3. The van der Waals surface area contributed by atoms with Crippen molar-refractivity contribution < 1.29 is 14.3 Å². The van der Waals surface area contributed by atoms with Crippen molar-refractivity contribution in [1.29, 1.82) is 0 Å². The Morgan fingerprint density at radius 2 is 2.35 bits per heavy atom. The number of benzene rings is 1. The lowest BCUT2D eigenvalue weighted by molar-refractivity contribution is 0.183. The number of anilines is 1. The number of carbonyl (C=O) groups excluding carboxylic acids is 1. The molecule has 2 amide bonds. The Labute approximate surface area is 134 Å². The molecule has 2 heterocycles. The molecule has 0 saturated heterocycles. The zero-order chi connectivity index (χ0) is 16.1. The Hall–Kier alpha value is -2.54. The number of amides is 2. The summed E-state index contributed by atoms with van der Waals surface area (Å²) in [5.41, 5.74) is 1.76. The number of carbonyl (C=O) groups is 1. The Kier molecular flexibility index (Phi) is 4.77. The van der Waals surface area contributed by atoms with E-state index in [1.807, 2.05) is 24.3 Å². The highest BCUT2D eigenvalue weighted by Crippen LogP contribution is 2.23. The molecule has 0 aliphatic carbocycles. The molecule has 7 heteroatoms. The Morgan fingerprint density at radius 3 is 3.22 bits per heavy atom. The summed E-state index contributed by atoms with van der Waals surface area (Å²) >= 11 is 0. The molecule has 2 N–H and O–H groups in total. The van der Waals surface area contributed by atoms with Gasteiger partial charge in [0.1, 0.15) is 12.4 Å². The van der Waals surface area contributed by atoms with Gasteiger partial charge in [-0.05, 0) is 18.1 Å². The van der Waals surface area contributed by atoms with Gasteiger partial charge in [0.15, 0.2) is 0 Å². The summed E-state index contributed by atoms with van der Waals surface area (Å²) in [4.78, 5) is 12.1. The van der Waals surface area contributed by atoms with E-state index in [-0.39, 0.29) is 12.1 Å². The van der Waals surface area contributed by atoms with E-state index < -0.39 is 0 Å². The van der Waals surface area contributed by atoms with Gasteiger partial charge in [-0.25, -0.2) is 4.79 Å². The molecule has 1 atom stereocenters. The fraction of sp³-hybridized carbons (Fsp3) is 0.375. The molecule has 0 radical (unpaired) electrons. The van der Waals surface area contributed by atoms with Crippen LogP contribution in [0.5, 0.6) is 5.75 Å². The average molecular weight is 316 g/mol. The van der Waals surface area contributed by atoms with Crippen LogP contribution in [0.2, 0.25) is 0 Å². The molecule has 1 aromatic carbocycles. The van der Waals surface area contributed by atoms with Gasteiger partial charge < -0.3 is 20.1 Å². The van der Waals surface area contributed by atoms with E-state index in [2.05, 4.69) is 15.7 Å². The van der Waals surface area contributed by atoms with Gasteiger partial charge in [-0.1, -0.05) is 18.2 Å². The Balaban J connectivity index is 1.51. The summed E-state index contributed by atoms with van der Waals surface area (Å²) < 4.78 is 12.4. The van der Waals surface area contributed by atoms with Crippen LogP contribution in [-0.4, -0.2) is 42.2 Å². The van der Waals surface area contributed by atoms with Crippen molar-refractivity contribution in [3.8, 4) is 5.75 Å². The lowest BCUT2D eigenvalue weighted by Crippen LogP contribution is -2.44. The van der Waals surface area contributed by atoms with E-state index >= 15 is 0 Å². The minimum atomic E-state index is -0.260. The van der Waals surface area contributed by atoms with Crippen molar-refractivity contribution in [2.24, 2.45) is 0 Å². The largest absolute Gasteiger partial charge is 0.491 e. The second-order valence-electron chi connectivity index (χ2n) is 5.40. The molecule has 0 fully saturated rings. The van der Waals surface area contributed by atoms with Crippen molar-refractivity contribution in [2.45, 2.75) is 19.0 Å². The van der Waals surface area contributed by atoms with Crippen LogP contribution in [0.15, 0.2) is 36.7 Å². The lowest BCUT2D eigenvalue weighted by atomic mass is 10.0. The molecule has 122 valence electrons. The number of ether oxygens (including phenoxy) is 2. The molecule has 3 rings (SSSR count). The zero-order valence-electron chi connectivity index (χ0n) is 13.0. The number of hydrogen-bond donors (Lipinski definition) is 2. The van der Waals surface area contributed by atoms with Crippen LogP contribution in [-0.2, 0) is 17.7 Å². The molecule has 1 aliphatic rings. The standard InChI is InChI=1S/C16H20N4O3/c1-22-7-6-20-10-14(9-17-20)19-16(21)18-13-8-12-4-2-3-5-15(12)23-11-13/h2-5,9-10,13H,6-8,11H2,1H3,(H2,18,19,21). The first-order valence-corrected chi connectivity index (χ1v) is 7.54. The van der Waals surface area contributed by atoms with Crippen LogP contribution in [0.4, 0.5) is 10.5 Å². The average Bonchev–Trinajstić information content (AvgIpc) is 3.00. The summed E-state index contributed by atoms with van der Waals surface area (Å²) in [6.07, 6.45) is 4.14. The van der Waals surface area contributed by atoms with Crippen molar-refractivity contribution in [3.63, 3.8) is 0 Å². The van der Waals surface area contributed by atoms with Crippen LogP contribution < -0.4 is 15.4 Å². The van der Waals surface area contributed by atoms with Crippen molar-refractivity contribution in [2.75, 3.05) is 25.6 Å². The van der Waals surface area contributed by atoms with Gasteiger partial charge in [-0.2, -0.15) is 5.10 Å². The van der Waals surface area contributed by atoms with Crippen LogP contribution >= 0.6 is 0 Å². The number of fused-ring (bicyclic) bond motifs is 1. The SMILES string of the molecule is COCCn1cc(NC(=O)NC2COc3ccccc3C2)cn1. The second kappa shape index (κ2) is 7.15. The van der Waals surface area contributed by atoms with Crippen molar-refractivity contribution in [3.05, 3.63) is 42.2 Å². The predicted molar refractivity (Wildman–Crippen MR) is 85.7 cm³/mol. The molecule has 0 spiro atoms. The molecule has 7 nitrogen and oxygen atoms in total. The number of hydrogen-bond acceptors (Lipinski definition) is 4. The molecule has 0 bridgehead atoms. The first kappa shape index (κ1) is 15.4. The monoisotopic (exact) mass is 316 g/mol. The van der Waals surface area contributed by atoms with E-state index in [1.165, 1.54) is 0 Å². The van der Waals surface area contributed by atoms with Gasteiger partial charge in [-0.15, -0.1) is 0 Å². The number of urea groups is 1. The zero-order valence-corrected chi connectivity index (χ0v) is 13.0. The lowest BCUT2D eigenvalue weighted by Gasteiger charge is -2.25. The van der Waals surface area contributed by atoms with Gasteiger partial charge >= 0.3 is 6.03 Å². The van der Waals surface area contributed by atoms with Crippen LogP contribution in [0.1, 0.15) is 5.56 Å². The molecule has 2 aromatic rings. The van der Waals surface area contributed by atoms with Crippen LogP contribution in [0.25, 0.3) is 0 Å². The highest BCUT2D eigenvalue weighted by Gasteiger charge is 2.21. The molecular formula is C16H20N4O3. The van der Waals surface area contributed by atoms with E-state index in [0.717, 1.165) is 17.7 Å². The third-order valence-electron chi connectivity index (χ3n) is 3.63. The molecule has 1 aliphatic heterocycles. The van der Waals surface area contributed by atoms with Crippen LogP contribution in [0.3, 0.4) is 0 Å². The molecule has 1 unspecified atom stereocenters. The number of methoxy groups -OCH3 is 1. The number of rotatable bonds is 5. The van der Waals surface area contributed by atoms with Gasteiger partial charge in [0.25, 0.3) is 0 Å². The third-order valence-corrected chi connectivity index (χ3v) is 3.63. The quantitative estimate of drug-likeness (QED) is 0.879. The highest BCUT2D eigenvalue weighted by atomic mass is 16.5. The maximum Gasteiger partial charge on any atom is 0.319 e. The summed E-state index contributed by atoms with van der Waals surface area (Å²) in [5.74, 6) is 0.894. The Morgan fingerprint density at radius 1 is 1.48 bits per heavy atom. The number of para-hydroxylation sites is 1. The van der Waals surface area contributed by atoms with Gasteiger partial charge in [0, 0.05) is 13.3 Å². The summed E-state index contributed by atoms with van der Waals surface area (Å²) in [5, 5.41) is 9.86. The van der Waals surface area contributed by atoms with E-state index in [4.69, 9.17) is 9.47 Å². The molecular weight excluding hydrogens is 296 g/mol. The maximum atomic E-state index is 12.1. The minimum Gasteiger partial charge on any atom is -0.491 e. The fourth-order valence-electron chi connectivity index (χ4n) is 2.51.